The van der Waals surface area contributed by atoms with Gasteiger partial charge in [0.25, 0.3) is 0 Å². The Kier molecular flexibility index (Phi) is 1.97. The van der Waals surface area contributed by atoms with E-state index in [9.17, 15) is 4.79 Å². The van der Waals surface area contributed by atoms with Crippen LogP contribution in [0.4, 0.5) is 4.79 Å². The molecule has 2 atom stereocenters. The smallest absolute Gasteiger partial charge is 0.320 e. The van der Waals surface area contributed by atoms with Crippen LogP contribution in [0.2, 0.25) is 0 Å². The lowest BCUT2D eigenvalue weighted by Crippen LogP contribution is -2.44. The first-order valence-corrected chi connectivity index (χ1v) is 4.38. The third kappa shape index (κ3) is 1.29. The zero-order valence-corrected chi connectivity index (χ0v) is 7.60. The third-order valence-corrected chi connectivity index (χ3v) is 2.33. The number of amides is 2. The van der Waals surface area contributed by atoms with Crippen LogP contribution in [0.1, 0.15) is 0 Å². The molecule has 2 saturated heterocycles. The minimum Gasteiger partial charge on any atom is -0.395 e. The molecular formula is C6H10N4O2S. The zero-order chi connectivity index (χ0) is 9.42. The van der Waals surface area contributed by atoms with E-state index < -0.39 is 0 Å². The van der Waals surface area contributed by atoms with E-state index in [0.29, 0.717) is 11.7 Å². The van der Waals surface area contributed by atoms with Gasteiger partial charge >= 0.3 is 6.03 Å². The van der Waals surface area contributed by atoms with Gasteiger partial charge in [0, 0.05) is 6.54 Å². The van der Waals surface area contributed by atoms with E-state index in [4.69, 9.17) is 17.3 Å². The first-order valence-electron chi connectivity index (χ1n) is 3.97. The lowest BCUT2D eigenvalue weighted by atomic mass is 10.4. The average molecular weight is 202 g/mol. The van der Waals surface area contributed by atoms with Crippen LogP contribution in [0.15, 0.2) is 0 Å². The van der Waals surface area contributed by atoms with Crippen molar-refractivity contribution in [3.05, 3.63) is 0 Å². The van der Waals surface area contributed by atoms with Gasteiger partial charge in [0.05, 0.1) is 6.61 Å². The number of aliphatic hydroxyl groups is 1. The van der Waals surface area contributed by atoms with E-state index in [2.05, 4.69) is 16.0 Å². The third-order valence-electron chi connectivity index (χ3n) is 2.10. The summed E-state index contributed by atoms with van der Waals surface area (Å²) < 4.78 is 0. The molecule has 0 bridgehead atoms. The Morgan fingerprint density at radius 3 is 2.92 bits per heavy atom. The van der Waals surface area contributed by atoms with E-state index in [-0.39, 0.29) is 25.0 Å². The van der Waals surface area contributed by atoms with Crippen molar-refractivity contribution in [2.45, 2.75) is 12.3 Å². The SMILES string of the molecule is O=C1N[C@H]2NC(=S)N[C@@H]2N1CCO. The maximum absolute atomic E-state index is 11.3. The molecule has 2 fully saturated rings. The maximum atomic E-state index is 11.3. The van der Waals surface area contributed by atoms with Crippen LogP contribution in [0.3, 0.4) is 0 Å². The normalized spacial score (nSPS) is 31.0. The first-order chi connectivity index (χ1) is 6.22. The average Bonchev–Trinajstić information content (AvgIpc) is 2.52. The lowest BCUT2D eigenvalue weighted by molar-refractivity contribution is 0.173. The number of nitrogens with zero attached hydrogens (tertiary/aromatic N) is 1. The van der Waals surface area contributed by atoms with Crippen LogP contribution in [-0.4, -0.2) is 46.6 Å². The number of hydrogen-bond acceptors (Lipinski definition) is 3. The lowest BCUT2D eigenvalue weighted by Gasteiger charge is -2.19. The van der Waals surface area contributed by atoms with Crippen molar-refractivity contribution in [2.75, 3.05) is 13.2 Å². The van der Waals surface area contributed by atoms with Crippen molar-refractivity contribution in [2.24, 2.45) is 0 Å². The Hall–Kier alpha value is -1.08. The van der Waals surface area contributed by atoms with Gasteiger partial charge in [0.2, 0.25) is 0 Å². The second-order valence-corrected chi connectivity index (χ2v) is 3.32. The number of hydrogen-bond donors (Lipinski definition) is 4. The minimum absolute atomic E-state index is 0.0505. The number of aliphatic hydroxyl groups excluding tert-OH is 1. The van der Waals surface area contributed by atoms with Gasteiger partial charge in [-0.05, 0) is 12.2 Å². The standard InChI is InChI=1S/C6H10N4O2S/c11-2-1-10-4-3(8-6(10)12)7-5(13)9-4/h3-4,11H,1-2H2,(H,8,12)(H2,7,9,13)/t3-,4-/m1/s1. The van der Waals surface area contributed by atoms with Gasteiger partial charge < -0.3 is 21.1 Å². The Labute approximate surface area is 80.3 Å². The number of carbonyl (C=O) groups is 1. The molecule has 7 heteroatoms. The molecule has 4 N–H and O–H groups in total. The van der Waals surface area contributed by atoms with Crippen LogP contribution in [0.5, 0.6) is 0 Å². The molecule has 72 valence electrons. The monoisotopic (exact) mass is 202 g/mol. The number of thiocarbonyl (C=S) groups is 1. The highest BCUT2D eigenvalue weighted by Crippen LogP contribution is 2.12. The molecule has 0 saturated carbocycles. The van der Waals surface area contributed by atoms with Crippen molar-refractivity contribution >= 4 is 23.4 Å². The van der Waals surface area contributed by atoms with Crippen molar-refractivity contribution in [3.8, 4) is 0 Å². The van der Waals surface area contributed by atoms with Crippen LogP contribution in [0, 0.1) is 0 Å². The Balaban J connectivity index is 2.10. The van der Waals surface area contributed by atoms with Crippen molar-refractivity contribution in [3.63, 3.8) is 0 Å². The summed E-state index contributed by atoms with van der Waals surface area (Å²) in [5.74, 6) is 0. The Morgan fingerprint density at radius 2 is 2.23 bits per heavy atom. The van der Waals surface area contributed by atoms with E-state index in [1.165, 1.54) is 4.90 Å². The molecule has 0 aromatic rings. The molecule has 0 aromatic carbocycles. The summed E-state index contributed by atoms with van der Waals surface area (Å²) in [6.07, 6.45) is -0.348. The number of β-amino-alcohol motifs (C(OH)–C–C–N with tert-alkyl or cyclic N) is 1. The van der Waals surface area contributed by atoms with Crippen molar-refractivity contribution < 1.29 is 9.90 Å². The number of fused-ring (bicyclic) bond motifs is 1. The number of carbonyl (C=O) groups excluding carboxylic acids is 1. The fourth-order valence-corrected chi connectivity index (χ4v) is 1.79. The summed E-state index contributed by atoms with van der Waals surface area (Å²) >= 11 is 4.89. The summed E-state index contributed by atoms with van der Waals surface area (Å²) in [7, 11) is 0. The largest absolute Gasteiger partial charge is 0.395 e. The number of nitrogens with one attached hydrogen (secondary N) is 3. The van der Waals surface area contributed by atoms with Crippen LogP contribution in [-0.2, 0) is 0 Å². The molecule has 2 rings (SSSR count). The summed E-state index contributed by atoms with van der Waals surface area (Å²) in [6.45, 7) is 0.259. The summed E-state index contributed by atoms with van der Waals surface area (Å²) in [5, 5.41) is 17.8. The van der Waals surface area contributed by atoms with Crippen LogP contribution >= 0.6 is 12.2 Å². The topological polar surface area (TPSA) is 76.6 Å². The molecule has 13 heavy (non-hydrogen) atoms. The van der Waals surface area contributed by atoms with E-state index >= 15 is 0 Å². The maximum Gasteiger partial charge on any atom is 0.320 e. The molecule has 0 aromatic heterocycles. The summed E-state index contributed by atoms with van der Waals surface area (Å²) in [4.78, 5) is 12.8. The fraction of sp³-hybridized carbons (Fsp3) is 0.667. The van der Waals surface area contributed by atoms with Gasteiger partial charge in [-0.3, -0.25) is 4.90 Å². The van der Waals surface area contributed by atoms with Gasteiger partial charge in [0.1, 0.15) is 12.3 Å². The van der Waals surface area contributed by atoms with Gasteiger partial charge in [-0.2, -0.15) is 0 Å². The summed E-state index contributed by atoms with van der Waals surface area (Å²) in [6, 6.07) is -0.188. The van der Waals surface area contributed by atoms with Crippen molar-refractivity contribution in [1.82, 2.24) is 20.9 Å². The van der Waals surface area contributed by atoms with E-state index in [1.54, 1.807) is 0 Å². The first kappa shape index (κ1) is 8.52. The molecule has 2 aliphatic heterocycles. The second-order valence-electron chi connectivity index (χ2n) is 2.91. The number of urea groups is 1. The highest BCUT2D eigenvalue weighted by atomic mass is 32.1. The van der Waals surface area contributed by atoms with Gasteiger partial charge in [-0.1, -0.05) is 0 Å². The molecule has 0 spiro atoms. The number of rotatable bonds is 2. The minimum atomic E-state index is -0.188. The molecule has 2 aliphatic rings. The molecular weight excluding hydrogens is 192 g/mol. The molecule has 0 unspecified atom stereocenters. The summed E-state index contributed by atoms with van der Waals surface area (Å²) in [5.41, 5.74) is 0. The second kappa shape index (κ2) is 3.00. The quantitative estimate of drug-likeness (QED) is 0.395. The predicted octanol–water partition coefficient (Wildman–Crippen LogP) is -1.87. The van der Waals surface area contributed by atoms with Gasteiger partial charge in [-0.25, -0.2) is 4.79 Å². The van der Waals surface area contributed by atoms with Crippen LogP contribution in [0.25, 0.3) is 0 Å². The molecule has 2 heterocycles. The highest BCUT2D eigenvalue weighted by molar-refractivity contribution is 7.80. The highest BCUT2D eigenvalue weighted by Gasteiger charge is 2.43. The van der Waals surface area contributed by atoms with Gasteiger partial charge in [-0.15, -0.1) is 0 Å². The van der Waals surface area contributed by atoms with Crippen molar-refractivity contribution in [1.29, 1.82) is 0 Å². The molecule has 0 aliphatic carbocycles. The molecule has 0 radical (unpaired) electrons. The van der Waals surface area contributed by atoms with E-state index in [1.807, 2.05) is 0 Å². The van der Waals surface area contributed by atoms with Gasteiger partial charge in [0.15, 0.2) is 5.11 Å². The Morgan fingerprint density at radius 1 is 1.46 bits per heavy atom. The molecule has 6 nitrogen and oxygen atoms in total. The van der Waals surface area contributed by atoms with Crippen LogP contribution < -0.4 is 16.0 Å². The molecule has 2 amide bonds. The predicted molar refractivity (Wildman–Crippen MR) is 48.8 cm³/mol. The fourth-order valence-electron chi connectivity index (χ4n) is 1.54. The van der Waals surface area contributed by atoms with E-state index in [0.717, 1.165) is 0 Å². The zero-order valence-electron chi connectivity index (χ0n) is 6.78. The Bertz CT molecular complexity index is 259.